The third-order valence-electron chi connectivity index (χ3n) is 3.58. The fourth-order valence-electron chi connectivity index (χ4n) is 2.55. The smallest absolute Gasteiger partial charge is 0.262 e. The Hall–Kier alpha value is -1.48. The Morgan fingerprint density at radius 2 is 2.38 bits per heavy atom. The van der Waals surface area contributed by atoms with E-state index in [-0.39, 0.29) is 18.4 Å². The maximum Gasteiger partial charge on any atom is 0.262 e. The summed E-state index contributed by atoms with van der Waals surface area (Å²) in [5.74, 6) is 0.464. The van der Waals surface area contributed by atoms with Gasteiger partial charge in [0.25, 0.3) is 5.88 Å². The SMILES string of the molecule is Cl.N#CCN1CCC[C@H]1COc1noc2ccc(Cl)cc12. The highest BCUT2D eigenvalue weighted by Gasteiger charge is 2.25. The van der Waals surface area contributed by atoms with Gasteiger partial charge in [0.15, 0.2) is 5.58 Å². The van der Waals surface area contributed by atoms with Crippen LogP contribution in [-0.2, 0) is 0 Å². The molecule has 0 aliphatic carbocycles. The van der Waals surface area contributed by atoms with Crippen LogP contribution < -0.4 is 4.74 Å². The Labute approximate surface area is 133 Å². The van der Waals surface area contributed by atoms with Gasteiger partial charge in [0.1, 0.15) is 6.61 Å². The lowest BCUT2D eigenvalue weighted by molar-refractivity contribution is 0.178. The van der Waals surface area contributed by atoms with Gasteiger partial charge >= 0.3 is 0 Å². The van der Waals surface area contributed by atoms with Gasteiger partial charge in [0, 0.05) is 11.1 Å². The van der Waals surface area contributed by atoms with Crippen molar-refractivity contribution in [3.63, 3.8) is 0 Å². The van der Waals surface area contributed by atoms with Crippen LogP contribution >= 0.6 is 24.0 Å². The third kappa shape index (κ3) is 3.41. The summed E-state index contributed by atoms with van der Waals surface area (Å²) in [6.07, 6.45) is 2.14. The average Bonchev–Trinajstić information content (AvgIpc) is 3.03. The first-order valence-electron chi connectivity index (χ1n) is 6.56. The number of likely N-dealkylation sites (tertiary alicyclic amines) is 1. The van der Waals surface area contributed by atoms with E-state index < -0.39 is 0 Å². The molecule has 1 aromatic carbocycles. The minimum Gasteiger partial charge on any atom is -0.473 e. The van der Waals surface area contributed by atoms with Crippen LogP contribution in [0.4, 0.5) is 0 Å². The first kappa shape index (κ1) is 15.9. The molecule has 1 saturated heterocycles. The van der Waals surface area contributed by atoms with Crippen LogP contribution in [0.1, 0.15) is 12.8 Å². The van der Waals surface area contributed by atoms with E-state index in [4.69, 9.17) is 26.1 Å². The summed E-state index contributed by atoms with van der Waals surface area (Å²) in [6.45, 7) is 1.90. The number of fused-ring (bicyclic) bond motifs is 1. The molecule has 0 N–H and O–H groups in total. The zero-order valence-electron chi connectivity index (χ0n) is 11.3. The van der Waals surface area contributed by atoms with Crippen molar-refractivity contribution in [2.24, 2.45) is 0 Å². The van der Waals surface area contributed by atoms with Crippen LogP contribution in [0.2, 0.25) is 5.02 Å². The average molecular weight is 328 g/mol. The maximum atomic E-state index is 8.79. The van der Waals surface area contributed by atoms with Crippen molar-refractivity contribution in [3.8, 4) is 11.9 Å². The summed E-state index contributed by atoms with van der Waals surface area (Å²) in [5, 5.41) is 14.1. The summed E-state index contributed by atoms with van der Waals surface area (Å²) in [4.78, 5) is 2.13. The molecule has 0 unspecified atom stereocenters. The number of hydrogen-bond acceptors (Lipinski definition) is 5. The van der Waals surface area contributed by atoms with Crippen LogP contribution in [0.3, 0.4) is 0 Å². The number of halogens is 2. The number of hydrogen-bond donors (Lipinski definition) is 0. The standard InChI is InChI=1S/C14H14ClN3O2.ClH/c15-10-3-4-13-12(8-10)14(17-20-13)19-9-11-2-1-6-18(11)7-5-16;/h3-4,8,11H,1-2,6-7,9H2;1H/t11-;/m0./s1. The number of nitriles is 1. The summed E-state index contributed by atoms with van der Waals surface area (Å²) < 4.78 is 11.0. The van der Waals surface area contributed by atoms with Gasteiger partial charge in [-0.1, -0.05) is 11.6 Å². The Morgan fingerprint density at radius 3 is 3.19 bits per heavy atom. The number of ether oxygens (including phenoxy) is 1. The van der Waals surface area contributed by atoms with E-state index in [0.29, 0.717) is 29.6 Å². The molecule has 1 aliphatic heterocycles. The molecule has 1 atom stereocenters. The predicted octanol–water partition coefficient (Wildman–Crippen LogP) is 3.27. The van der Waals surface area contributed by atoms with Crippen LogP contribution in [0.15, 0.2) is 22.7 Å². The second kappa shape index (κ2) is 6.99. The fraction of sp³-hybridized carbons (Fsp3) is 0.429. The summed E-state index contributed by atoms with van der Waals surface area (Å²) in [6, 6.07) is 7.76. The van der Waals surface area contributed by atoms with E-state index in [2.05, 4.69) is 16.1 Å². The molecule has 7 heteroatoms. The van der Waals surface area contributed by atoms with Crippen molar-refractivity contribution < 1.29 is 9.26 Å². The molecule has 21 heavy (non-hydrogen) atoms. The summed E-state index contributed by atoms with van der Waals surface area (Å²) in [5.41, 5.74) is 0.657. The minimum atomic E-state index is 0. The molecule has 2 heterocycles. The van der Waals surface area contributed by atoms with Crippen molar-refractivity contribution in [2.45, 2.75) is 18.9 Å². The number of benzene rings is 1. The number of nitrogens with zero attached hydrogens (tertiary/aromatic N) is 3. The highest BCUT2D eigenvalue weighted by Crippen LogP contribution is 2.28. The molecular formula is C14H15Cl2N3O2. The molecule has 0 amide bonds. The number of aromatic nitrogens is 1. The predicted molar refractivity (Wildman–Crippen MR) is 82.0 cm³/mol. The van der Waals surface area contributed by atoms with E-state index in [1.165, 1.54) is 0 Å². The molecule has 5 nitrogen and oxygen atoms in total. The van der Waals surface area contributed by atoms with Crippen LogP contribution in [0.5, 0.6) is 5.88 Å². The lowest BCUT2D eigenvalue weighted by Crippen LogP contribution is -2.34. The second-order valence-electron chi connectivity index (χ2n) is 4.86. The molecule has 1 aromatic heterocycles. The lowest BCUT2D eigenvalue weighted by atomic mass is 10.2. The molecule has 112 valence electrons. The van der Waals surface area contributed by atoms with Crippen molar-refractivity contribution in [2.75, 3.05) is 19.7 Å². The number of rotatable bonds is 4. The van der Waals surface area contributed by atoms with Gasteiger partial charge < -0.3 is 9.26 Å². The quantitative estimate of drug-likeness (QED) is 0.806. The lowest BCUT2D eigenvalue weighted by Gasteiger charge is -2.20. The molecule has 3 rings (SSSR count). The maximum absolute atomic E-state index is 8.79. The van der Waals surface area contributed by atoms with E-state index in [1.807, 2.05) is 0 Å². The van der Waals surface area contributed by atoms with E-state index >= 15 is 0 Å². The van der Waals surface area contributed by atoms with E-state index in [9.17, 15) is 0 Å². The molecule has 2 aromatic rings. The second-order valence-corrected chi connectivity index (χ2v) is 5.30. The zero-order chi connectivity index (χ0) is 13.9. The topological polar surface area (TPSA) is 62.3 Å². The van der Waals surface area contributed by atoms with Gasteiger partial charge in [-0.05, 0) is 42.7 Å². The first-order chi connectivity index (χ1) is 9.78. The van der Waals surface area contributed by atoms with Gasteiger partial charge in [-0.25, -0.2) is 0 Å². The van der Waals surface area contributed by atoms with Gasteiger partial charge in [-0.15, -0.1) is 12.4 Å². The minimum absolute atomic E-state index is 0. The van der Waals surface area contributed by atoms with Crippen LogP contribution in [-0.4, -0.2) is 35.8 Å². The zero-order valence-corrected chi connectivity index (χ0v) is 12.9. The van der Waals surface area contributed by atoms with E-state index in [1.54, 1.807) is 18.2 Å². The normalized spacial score (nSPS) is 18.4. The summed E-state index contributed by atoms with van der Waals surface area (Å²) in [7, 11) is 0. The molecule has 0 spiro atoms. The monoisotopic (exact) mass is 327 g/mol. The summed E-state index contributed by atoms with van der Waals surface area (Å²) >= 11 is 5.97. The highest BCUT2D eigenvalue weighted by molar-refractivity contribution is 6.31. The van der Waals surface area contributed by atoms with Crippen molar-refractivity contribution >= 4 is 35.0 Å². The third-order valence-corrected chi connectivity index (χ3v) is 3.82. The van der Waals surface area contributed by atoms with Crippen molar-refractivity contribution in [1.82, 2.24) is 10.1 Å². The Morgan fingerprint density at radius 1 is 1.52 bits per heavy atom. The molecule has 1 fully saturated rings. The highest BCUT2D eigenvalue weighted by atomic mass is 35.5. The molecular weight excluding hydrogens is 313 g/mol. The largest absolute Gasteiger partial charge is 0.473 e. The molecule has 0 bridgehead atoms. The van der Waals surface area contributed by atoms with Gasteiger partial charge in [-0.2, -0.15) is 5.26 Å². The Kier molecular flexibility index (Phi) is 5.29. The first-order valence-corrected chi connectivity index (χ1v) is 6.94. The van der Waals surface area contributed by atoms with Crippen LogP contribution in [0, 0.1) is 11.3 Å². The van der Waals surface area contributed by atoms with Crippen LogP contribution in [0.25, 0.3) is 11.0 Å². The van der Waals surface area contributed by atoms with Crippen molar-refractivity contribution in [3.05, 3.63) is 23.2 Å². The Balaban J connectivity index is 0.00000161. The fourth-order valence-corrected chi connectivity index (χ4v) is 2.72. The Bertz CT molecular complexity index is 653. The molecule has 0 radical (unpaired) electrons. The molecule has 0 saturated carbocycles. The van der Waals surface area contributed by atoms with Gasteiger partial charge in [-0.3, -0.25) is 4.90 Å². The van der Waals surface area contributed by atoms with E-state index in [0.717, 1.165) is 24.8 Å². The van der Waals surface area contributed by atoms with Crippen molar-refractivity contribution in [1.29, 1.82) is 5.26 Å². The van der Waals surface area contributed by atoms with Gasteiger partial charge in [0.2, 0.25) is 0 Å². The molecule has 1 aliphatic rings. The van der Waals surface area contributed by atoms with Gasteiger partial charge in [0.05, 0.1) is 18.0 Å².